The van der Waals surface area contributed by atoms with E-state index in [2.05, 4.69) is 11.3 Å². The van der Waals surface area contributed by atoms with Crippen LogP contribution in [0.3, 0.4) is 0 Å². The molecule has 13 heavy (non-hydrogen) atoms. The van der Waals surface area contributed by atoms with Gasteiger partial charge in [-0.25, -0.2) is 4.79 Å². The van der Waals surface area contributed by atoms with Crippen LogP contribution in [-0.4, -0.2) is 35.5 Å². The number of hydrogen-bond acceptors (Lipinski definition) is 4. The van der Waals surface area contributed by atoms with Gasteiger partial charge in [0.15, 0.2) is 0 Å². The Morgan fingerprint density at radius 1 is 1.62 bits per heavy atom. The van der Waals surface area contributed by atoms with Gasteiger partial charge < -0.3 is 14.9 Å². The highest BCUT2D eigenvalue weighted by atomic mass is 16.5. The zero-order valence-corrected chi connectivity index (χ0v) is 7.82. The summed E-state index contributed by atoms with van der Waals surface area (Å²) in [5.74, 6) is -0.505. The molecule has 0 saturated carbocycles. The van der Waals surface area contributed by atoms with Crippen molar-refractivity contribution < 1.29 is 19.7 Å². The van der Waals surface area contributed by atoms with E-state index < -0.39 is 12.1 Å². The maximum Gasteiger partial charge on any atom is 0.333 e. The van der Waals surface area contributed by atoms with Crippen LogP contribution in [0.5, 0.6) is 0 Å². The van der Waals surface area contributed by atoms with Crippen LogP contribution in [-0.2, 0) is 9.53 Å². The third-order valence-electron chi connectivity index (χ3n) is 1.48. The molecule has 0 bridgehead atoms. The van der Waals surface area contributed by atoms with Gasteiger partial charge >= 0.3 is 5.97 Å². The number of aliphatic hydroxyl groups excluding tert-OH is 2. The zero-order valence-electron chi connectivity index (χ0n) is 7.82. The van der Waals surface area contributed by atoms with E-state index in [1.54, 1.807) is 6.92 Å². The molecule has 4 heteroatoms. The van der Waals surface area contributed by atoms with E-state index >= 15 is 0 Å². The number of ether oxygens (including phenoxy) is 1. The van der Waals surface area contributed by atoms with Crippen molar-refractivity contribution in [1.82, 2.24) is 0 Å². The molecule has 0 aromatic carbocycles. The molecule has 0 aliphatic heterocycles. The number of aliphatic hydroxyl groups is 2. The summed E-state index contributed by atoms with van der Waals surface area (Å²) in [4.78, 5) is 11.0. The van der Waals surface area contributed by atoms with Gasteiger partial charge in [0.2, 0.25) is 0 Å². The fraction of sp³-hybridized carbons (Fsp3) is 0.667. The largest absolute Gasteiger partial charge is 0.460 e. The van der Waals surface area contributed by atoms with Crippen molar-refractivity contribution >= 4 is 5.97 Å². The van der Waals surface area contributed by atoms with Crippen LogP contribution in [0.4, 0.5) is 0 Å². The van der Waals surface area contributed by atoms with Crippen molar-refractivity contribution in [2.75, 3.05) is 13.2 Å². The summed E-state index contributed by atoms with van der Waals surface area (Å²) in [5.41, 5.74) is 0.328. The van der Waals surface area contributed by atoms with E-state index in [-0.39, 0.29) is 13.2 Å². The molecule has 4 nitrogen and oxygen atoms in total. The number of esters is 1. The lowest BCUT2D eigenvalue weighted by Crippen LogP contribution is -2.11. The number of carbonyl (C=O) groups is 1. The Balaban J connectivity index is 3.64. The molecule has 76 valence electrons. The van der Waals surface area contributed by atoms with Gasteiger partial charge in [0.1, 0.15) is 6.61 Å². The molecule has 0 amide bonds. The molecule has 0 aromatic heterocycles. The summed E-state index contributed by atoms with van der Waals surface area (Å²) in [5, 5.41) is 17.3. The summed E-state index contributed by atoms with van der Waals surface area (Å²) in [6, 6.07) is 0. The molecule has 2 N–H and O–H groups in total. The second kappa shape index (κ2) is 6.62. The van der Waals surface area contributed by atoms with Crippen molar-refractivity contribution in [1.29, 1.82) is 0 Å². The van der Waals surface area contributed by atoms with Gasteiger partial charge in [0, 0.05) is 5.57 Å². The second-order valence-electron chi connectivity index (χ2n) is 2.85. The summed E-state index contributed by atoms with van der Waals surface area (Å²) in [6.45, 7) is 4.96. The first-order valence-electron chi connectivity index (χ1n) is 4.21. The van der Waals surface area contributed by atoms with E-state index in [0.717, 1.165) is 0 Å². The lowest BCUT2D eigenvalue weighted by atomic mass is 10.1. The molecule has 0 radical (unpaired) electrons. The maximum atomic E-state index is 11.0. The van der Waals surface area contributed by atoms with Gasteiger partial charge in [0.25, 0.3) is 0 Å². The molecule has 0 heterocycles. The lowest BCUT2D eigenvalue weighted by molar-refractivity contribution is -0.140. The first-order chi connectivity index (χ1) is 6.07. The van der Waals surface area contributed by atoms with Gasteiger partial charge in [-0.15, -0.1) is 0 Å². The van der Waals surface area contributed by atoms with Gasteiger partial charge in [-0.2, -0.15) is 0 Å². The molecule has 0 aromatic rings. The van der Waals surface area contributed by atoms with Crippen LogP contribution in [0, 0.1) is 0 Å². The summed E-state index contributed by atoms with van der Waals surface area (Å²) >= 11 is 0. The Hall–Kier alpha value is -0.870. The molecule has 0 aliphatic carbocycles. The number of rotatable bonds is 6. The number of hydrogen-bond donors (Lipinski definition) is 2. The average Bonchev–Trinajstić information content (AvgIpc) is 2.10. The fourth-order valence-electron chi connectivity index (χ4n) is 0.726. The highest BCUT2D eigenvalue weighted by Crippen LogP contribution is 2.06. The third-order valence-corrected chi connectivity index (χ3v) is 1.48. The maximum absolute atomic E-state index is 11.0. The molecule has 0 rings (SSSR count). The predicted octanol–water partition coefficient (Wildman–Crippen LogP) is 0.239. The number of carbonyl (C=O) groups excluding carboxylic acids is 1. The van der Waals surface area contributed by atoms with Crippen molar-refractivity contribution in [2.45, 2.75) is 25.9 Å². The van der Waals surface area contributed by atoms with Crippen molar-refractivity contribution in [3.05, 3.63) is 12.2 Å². The normalized spacial score (nSPS) is 12.2. The fourth-order valence-corrected chi connectivity index (χ4v) is 0.726. The lowest BCUT2D eigenvalue weighted by Gasteiger charge is -2.06. The van der Waals surface area contributed by atoms with Crippen LogP contribution in [0.1, 0.15) is 19.8 Å². The van der Waals surface area contributed by atoms with E-state index in [1.165, 1.54) is 0 Å². The van der Waals surface area contributed by atoms with Crippen molar-refractivity contribution in [3.8, 4) is 0 Å². The molecular formula is C9H16O4. The molecule has 0 aliphatic rings. The summed E-state index contributed by atoms with van der Waals surface area (Å²) in [6.07, 6.45) is 0.469. The Morgan fingerprint density at radius 2 is 2.23 bits per heavy atom. The quantitative estimate of drug-likeness (QED) is 0.463. The van der Waals surface area contributed by atoms with Gasteiger partial charge in [-0.3, -0.25) is 0 Å². The monoisotopic (exact) mass is 188 g/mol. The Bertz CT molecular complexity index is 174. The van der Waals surface area contributed by atoms with Crippen molar-refractivity contribution in [2.24, 2.45) is 0 Å². The average molecular weight is 188 g/mol. The SMILES string of the molecule is C=C(CCC(C)O)C(=O)OCCO. The molecule has 0 saturated heterocycles. The van der Waals surface area contributed by atoms with E-state index in [1.807, 2.05) is 0 Å². The smallest absolute Gasteiger partial charge is 0.333 e. The van der Waals surface area contributed by atoms with Crippen LogP contribution < -0.4 is 0 Å². The molecular weight excluding hydrogens is 172 g/mol. The topological polar surface area (TPSA) is 66.8 Å². The standard InChI is InChI=1S/C9H16O4/c1-7(3-4-8(2)11)9(12)13-6-5-10/h8,10-11H,1,3-6H2,2H3. The minimum absolute atomic E-state index is 0.00741. The Morgan fingerprint density at radius 3 is 2.69 bits per heavy atom. The zero-order chi connectivity index (χ0) is 10.3. The van der Waals surface area contributed by atoms with Gasteiger partial charge in [-0.1, -0.05) is 6.58 Å². The summed E-state index contributed by atoms with van der Waals surface area (Å²) in [7, 11) is 0. The highest BCUT2D eigenvalue weighted by molar-refractivity contribution is 5.87. The Kier molecular flexibility index (Phi) is 6.18. The third kappa shape index (κ3) is 6.31. The predicted molar refractivity (Wildman–Crippen MR) is 48.1 cm³/mol. The van der Waals surface area contributed by atoms with Crippen LogP contribution >= 0.6 is 0 Å². The Labute approximate surface area is 77.8 Å². The highest BCUT2D eigenvalue weighted by Gasteiger charge is 2.08. The van der Waals surface area contributed by atoms with Crippen LogP contribution in [0.25, 0.3) is 0 Å². The van der Waals surface area contributed by atoms with Crippen molar-refractivity contribution in [3.63, 3.8) is 0 Å². The molecule has 0 fully saturated rings. The molecule has 1 atom stereocenters. The molecule has 1 unspecified atom stereocenters. The van der Waals surface area contributed by atoms with Crippen LogP contribution in [0.15, 0.2) is 12.2 Å². The van der Waals surface area contributed by atoms with E-state index in [9.17, 15) is 4.79 Å². The second-order valence-corrected chi connectivity index (χ2v) is 2.85. The minimum atomic E-state index is -0.505. The van der Waals surface area contributed by atoms with Gasteiger partial charge in [-0.05, 0) is 19.8 Å². The van der Waals surface area contributed by atoms with Gasteiger partial charge in [0.05, 0.1) is 12.7 Å². The van der Waals surface area contributed by atoms with E-state index in [4.69, 9.17) is 10.2 Å². The first kappa shape index (κ1) is 12.1. The first-order valence-corrected chi connectivity index (χ1v) is 4.21. The summed E-state index contributed by atoms with van der Waals surface area (Å²) < 4.78 is 4.62. The molecule has 0 spiro atoms. The van der Waals surface area contributed by atoms with E-state index in [0.29, 0.717) is 18.4 Å². The minimum Gasteiger partial charge on any atom is -0.460 e. The van der Waals surface area contributed by atoms with Crippen LogP contribution in [0.2, 0.25) is 0 Å².